The molecule has 0 saturated heterocycles. The Morgan fingerprint density at radius 2 is 2.04 bits per heavy atom. The van der Waals surface area contributed by atoms with Gasteiger partial charge in [-0.3, -0.25) is 19.0 Å². The lowest BCUT2D eigenvalue weighted by Crippen LogP contribution is -2.38. The molecule has 0 saturated carbocycles. The lowest BCUT2D eigenvalue weighted by atomic mass is 10.2. The predicted octanol–water partition coefficient (Wildman–Crippen LogP) is 0.381. The van der Waals surface area contributed by atoms with Gasteiger partial charge in [-0.25, -0.2) is 4.98 Å². The molecule has 1 N–H and O–H groups in total. The van der Waals surface area contributed by atoms with E-state index in [0.29, 0.717) is 17.4 Å². The van der Waals surface area contributed by atoms with Crippen LogP contribution in [0.4, 0.5) is 0 Å². The molecule has 0 bridgehead atoms. The minimum absolute atomic E-state index is 0.0115. The summed E-state index contributed by atoms with van der Waals surface area (Å²) >= 11 is 0. The van der Waals surface area contributed by atoms with Crippen LogP contribution in [0.5, 0.6) is 0 Å². The van der Waals surface area contributed by atoms with Gasteiger partial charge in [-0.05, 0) is 19.1 Å². The van der Waals surface area contributed by atoms with E-state index in [9.17, 15) is 14.4 Å². The maximum absolute atomic E-state index is 12.3. The Morgan fingerprint density at radius 1 is 1.30 bits per heavy atom. The fourth-order valence-electron chi connectivity index (χ4n) is 2.23. The second kappa shape index (κ2) is 7.53. The molecule has 122 valence electrons. The van der Waals surface area contributed by atoms with Crippen LogP contribution in [0, 0.1) is 0 Å². The van der Waals surface area contributed by atoms with E-state index < -0.39 is 0 Å². The number of rotatable bonds is 6. The summed E-state index contributed by atoms with van der Waals surface area (Å²) in [5.41, 5.74) is 0.461. The third kappa shape index (κ3) is 4.15. The van der Waals surface area contributed by atoms with Gasteiger partial charge in [0.15, 0.2) is 0 Å². The summed E-state index contributed by atoms with van der Waals surface area (Å²) in [6, 6.07) is 7.08. The van der Waals surface area contributed by atoms with Crippen LogP contribution in [0.2, 0.25) is 0 Å². The molecule has 2 aromatic rings. The number of aryl methyl sites for hydroxylation is 1. The van der Waals surface area contributed by atoms with Crippen LogP contribution in [0.25, 0.3) is 10.9 Å². The van der Waals surface area contributed by atoms with Crippen LogP contribution in [0.1, 0.15) is 13.3 Å². The quantitative estimate of drug-likeness (QED) is 0.835. The third-order valence-corrected chi connectivity index (χ3v) is 3.48. The Morgan fingerprint density at radius 3 is 2.78 bits per heavy atom. The van der Waals surface area contributed by atoms with E-state index in [4.69, 9.17) is 0 Å². The zero-order valence-corrected chi connectivity index (χ0v) is 13.3. The molecule has 0 unspecified atom stereocenters. The van der Waals surface area contributed by atoms with Gasteiger partial charge in [0.25, 0.3) is 5.56 Å². The van der Waals surface area contributed by atoms with Gasteiger partial charge in [-0.2, -0.15) is 0 Å². The number of amides is 2. The molecule has 0 radical (unpaired) electrons. The SMILES string of the molecule is CCNC(=O)CN(C)C(=O)CCn1cnc2ccccc2c1=O. The van der Waals surface area contributed by atoms with Crippen LogP contribution in [0.3, 0.4) is 0 Å². The molecule has 0 fully saturated rings. The monoisotopic (exact) mass is 316 g/mol. The Labute approximate surface area is 133 Å². The zero-order valence-electron chi connectivity index (χ0n) is 13.3. The van der Waals surface area contributed by atoms with Crippen LogP contribution >= 0.6 is 0 Å². The van der Waals surface area contributed by atoms with Crippen molar-refractivity contribution in [2.24, 2.45) is 0 Å². The van der Waals surface area contributed by atoms with Gasteiger partial charge in [0.1, 0.15) is 0 Å². The molecule has 1 aromatic carbocycles. The molecule has 2 rings (SSSR count). The van der Waals surface area contributed by atoms with E-state index in [1.54, 1.807) is 25.2 Å². The van der Waals surface area contributed by atoms with Crippen molar-refractivity contribution in [3.05, 3.63) is 40.9 Å². The summed E-state index contributed by atoms with van der Waals surface area (Å²) in [7, 11) is 1.57. The number of likely N-dealkylation sites (N-methyl/N-ethyl adjacent to an activating group) is 2. The van der Waals surface area contributed by atoms with E-state index in [0.717, 1.165) is 0 Å². The zero-order chi connectivity index (χ0) is 16.8. The highest BCUT2D eigenvalue weighted by molar-refractivity contribution is 5.84. The van der Waals surface area contributed by atoms with Crippen LogP contribution in [0.15, 0.2) is 35.4 Å². The molecule has 0 aliphatic carbocycles. The molecule has 7 heteroatoms. The van der Waals surface area contributed by atoms with Gasteiger partial charge >= 0.3 is 0 Å². The van der Waals surface area contributed by atoms with Crippen molar-refractivity contribution in [2.45, 2.75) is 19.9 Å². The molecule has 0 atom stereocenters. The van der Waals surface area contributed by atoms with Crippen molar-refractivity contribution in [3.8, 4) is 0 Å². The van der Waals surface area contributed by atoms with Crippen LogP contribution in [-0.4, -0.2) is 46.4 Å². The van der Waals surface area contributed by atoms with Crippen LogP contribution < -0.4 is 10.9 Å². The Hall–Kier alpha value is -2.70. The average molecular weight is 316 g/mol. The summed E-state index contributed by atoms with van der Waals surface area (Å²) in [4.78, 5) is 41.4. The highest BCUT2D eigenvalue weighted by Crippen LogP contribution is 2.05. The Balaban J connectivity index is 2.00. The van der Waals surface area contributed by atoms with E-state index in [2.05, 4.69) is 10.3 Å². The van der Waals surface area contributed by atoms with Gasteiger partial charge in [-0.15, -0.1) is 0 Å². The second-order valence-electron chi connectivity index (χ2n) is 5.21. The number of aromatic nitrogens is 2. The number of hydrogen-bond donors (Lipinski definition) is 1. The molecule has 1 aromatic heterocycles. The number of carbonyl (C=O) groups excluding carboxylic acids is 2. The van der Waals surface area contributed by atoms with Crippen molar-refractivity contribution in [1.82, 2.24) is 19.8 Å². The van der Waals surface area contributed by atoms with Gasteiger partial charge in [-0.1, -0.05) is 12.1 Å². The van der Waals surface area contributed by atoms with Crippen LogP contribution in [-0.2, 0) is 16.1 Å². The first kappa shape index (κ1) is 16.7. The predicted molar refractivity (Wildman–Crippen MR) is 86.9 cm³/mol. The topological polar surface area (TPSA) is 84.3 Å². The van der Waals surface area contributed by atoms with Crippen molar-refractivity contribution in [1.29, 1.82) is 0 Å². The molecule has 0 aliphatic heterocycles. The first-order chi connectivity index (χ1) is 11.0. The summed E-state index contributed by atoms with van der Waals surface area (Å²) < 4.78 is 1.42. The summed E-state index contributed by atoms with van der Waals surface area (Å²) in [5, 5.41) is 3.16. The number of hydrogen-bond acceptors (Lipinski definition) is 4. The molecule has 0 aliphatic rings. The molecular weight excluding hydrogens is 296 g/mol. The summed E-state index contributed by atoms with van der Waals surface area (Å²) in [5.74, 6) is -0.399. The van der Waals surface area contributed by atoms with Crippen molar-refractivity contribution >= 4 is 22.7 Å². The van der Waals surface area contributed by atoms with Crippen molar-refractivity contribution in [3.63, 3.8) is 0 Å². The van der Waals surface area contributed by atoms with E-state index in [1.165, 1.54) is 15.8 Å². The maximum atomic E-state index is 12.3. The lowest BCUT2D eigenvalue weighted by molar-refractivity contribution is -0.134. The van der Waals surface area contributed by atoms with Gasteiger partial charge in [0.2, 0.25) is 11.8 Å². The van der Waals surface area contributed by atoms with Gasteiger partial charge in [0, 0.05) is 26.6 Å². The smallest absolute Gasteiger partial charge is 0.261 e. The van der Waals surface area contributed by atoms with E-state index in [-0.39, 0.29) is 36.9 Å². The highest BCUT2D eigenvalue weighted by atomic mass is 16.2. The highest BCUT2D eigenvalue weighted by Gasteiger charge is 2.13. The molecular formula is C16H20N4O3. The van der Waals surface area contributed by atoms with Crippen molar-refractivity contribution < 1.29 is 9.59 Å². The number of benzene rings is 1. The minimum atomic E-state index is -0.201. The maximum Gasteiger partial charge on any atom is 0.261 e. The van der Waals surface area contributed by atoms with Gasteiger partial charge < -0.3 is 10.2 Å². The number of carbonyl (C=O) groups is 2. The first-order valence-corrected chi connectivity index (χ1v) is 7.47. The largest absolute Gasteiger partial charge is 0.355 e. The molecule has 1 heterocycles. The van der Waals surface area contributed by atoms with E-state index in [1.807, 2.05) is 13.0 Å². The molecule has 7 nitrogen and oxygen atoms in total. The number of nitrogens with one attached hydrogen (secondary N) is 1. The van der Waals surface area contributed by atoms with E-state index >= 15 is 0 Å². The Bertz CT molecular complexity index is 769. The normalized spacial score (nSPS) is 10.5. The summed E-state index contributed by atoms with van der Waals surface area (Å²) in [6.07, 6.45) is 1.58. The molecule has 2 amide bonds. The fourth-order valence-corrected chi connectivity index (χ4v) is 2.23. The lowest BCUT2D eigenvalue weighted by Gasteiger charge is -2.16. The number of fused-ring (bicyclic) bond motifs is 1. The molecule has 23 heavy (non-hydrogen) atoms. The second-order valence-corrected chi connectivity index (χ2v) is 5.21. The van der Waals surface area contributed by atoms with Gasteiger partial charge in [0.05, 0.1) is 23.8 Å². The minimum Gasteiger partial charge on any atom is -0.355 e. The summed E-state index contributed by atoms with van der Waals surface area (Å²) in [6.45, 7) is 2.59. The standard InChI is InChI=1S/C16H20N4O3/c1-3-17-14(21)10-19(2)15(22)8-9-20-11-18-13-7-5-4-6-12(13)16(20)23/h4-7,11H,3,8-10H2,1-2H3,(H,17,21). The first-order valence-electron chi connectivity index (χ1n) is 7.47. The third-order valence-electron chi connectivity index (χ3n) is 3.48. The fraction of sp³-hybridized carbons (Fsp3) is 0.375. The number of para-hydroxylation sites is 1. The van der Waals surface area contributed by atoms with Crippen molar-refractivity contribution in [2.75, 3.05) is 20.1 Å². The average Bonchev–Trinajstić information content (AvgIpc) is 2.54. The number of nitrogens with zero attached hydrogens (tertiary/aromatic N) is 3. The molecule has 0 spiro atoms. The Kier molecular flexibility index (Phi) is 5.46.